The van der Waals surface area contributed by atoms with Crippen molar-refractivity contribution in [1.29, 1.82) is 0 Å². The number of ether oxygens (including phenoxy) is 2. The molecule has 0 amide bonds. The predicted octanol–water partition coefficient (Wildman–Crippen LogP) is 0.955. The maximum absolute atomic E-state index is 9.03. The highest BCUT2D eigenvalue weighted by Crippen LogP contribution is 2.31. The van der Waals surface area contributed by atoms with Gasteiger partial charge in [-0.25, -0.2) is 0 Å². The molecule has 0 bridgehead atoms. The lowest BCUT2D eigenvalue weighted by molar-refractivity contribution is 0.207. The Balaban J connectivity index is 3.13. The number of nitrogens with two attached hydrogens (primary N) is 1. The minimum atomic E-state index is -0.248. The van der Waals surface area contributed by atoms with Gasteiger partial charge in [-0.15, -0.1) is 0 Å². The summed E-state index contributed by atoms with van der Waals surface area (Å²) in [5, 5.41) is 9.03. The Bertz CT molecular complexity index is 440. The Morgan fingerprint density at radius 2 is 2.00 bits per heavy atom. The van der Waals surface area contributed by atoms with Crippen molar-refractivity contribution in [2.24, 2.45) is 5.73 Å². The molecule has 0 saturated carbocycles. The molecule has 1 unspecified atom stereocenters. The number of hydrogen-bond acceptors (Lipinski definition) is 5. The Kier molecular flexibility index (Phi) is 6.01. The molecule has 3 N–H and O–H groups in total. The van der Waals surface area contributed by atoms with Crippen LogP contribution in [0.2, 0.25) is 0 Å². The van der Waals surface area contributed by atoms with Gasteiger partial charge >= 0.3 is 0 Å². The molecule has 0 spiro atoms. The number of benzene rings is 1. The number of thiocarbonyl (C=S) groups is 1. The van der Waals surface area contributed by atoms with E-state index in [4.69, 9.17) is 32.5 Å². The molecule has 106 valence electrons. The highest BCUT2D eigenvalue weighted by atomic mass is 32.1. The second-order valence-electron chi connectivity index (χ2n) is 4.12. The molecule has 0 saturated heterocycles. The van der Waals surface area contributed by atoms with Crippen molar-refractivity contribution in [2.45, 2.75) is 6.04 Å². The maximum Gasteiger partial charge on any atom is 0.161 e. The number of methoxy groups -OCH3 is 2. The molecule has 19 heavy (non-hydrogen) atoms. The highest BCUT2D eigenvalue weighted by molar-refractivity contribution is 7.80. The Labute approximate surface area is 118 Å². The fourth-order valence-corrected chi connectivity index (χ4v) is 2.26. The highest BCUT2D eigenvalue weighted by Gasteiger charge is 2.21. The van der Waals surface area contributed by atoms with Gasteiger partial charge in [0.2, 0.25) is 0 Å². The second kappa shape index (κ2) is 7.28. The minimum absolute atomic E-state index is 0.0445. The van der Waals surface area contributed by atoms with Gasteiger partial charge < -0.3 is 20.3 Å². The number of aliphatic hydroxyl groups is 1. The zero-order chi connectivity index (χ0) is 14.4. The average molecular weight is 284 g/mol. The summed E-state index contributed by atoms with van der Waals surface area (Å²) in [7, 11) is 5.02. The fourth-order valence-electron chi connectivity index (χ4n) is 1.95. The van der Waals surface area contributed by atoms with Gasteiger partial charge in [0.05, 0.1) is 31.9 Å². The summed E-state index contributed by atoms with van der Waals surface area (Å²) in [6, 6.07) is 5.30. The third kappa shape index (κ3) is 3.79. The van der Waals surface area contributed by atoms with E-state index in [1.165, 1.54) is 0 Å². The van der Waals surface area contributed by atoms with Gasteiger partial charge in [-0.05, 0) is 24.7 Å². The number of aliphatic hydroxyl groups excluding tert-OH is 1. The van der Waals surface area contributed by atoms with Gasteiger partial charge in [-0.2, -0.15) is 0 Å². The summed E-state index contributed by atoms with van der Waals surface area (Å²) in [6.45, 7) is 0.527. The number of rotatable bonds is 7. The molecular weight excluding hydrogens is 264 g/mol. The monoisotopic (exact) mass is 284 g/mol. The summed E-state index contributed by atoms with van der Waals surface area (Å²) in [5.41, 5.74) is 6.70. The van der Waals surface area contributed by atoms with Crippen LogP contribution in [0.15, 0.2) is 18.2 Å². The summed E-state index contributed by atoms with van der Waals surface area (Å²) in [4.78, 5) is 2.24. The Hall–Kier alpha value is -1.37. The van der Waals surface area contributed by atoms with Crippen LogP contribution in [0, 0.1) is 0 Å². The first-order valence-electron chi connectivity index (χ1n) is 5.87. The molecule has 0 aliphatic rings. The molecule has 0 aromatic heterocycles. The first kappa shape index (κ1) is 15.7. The first-order valence-corrected chi connectivity index (χ1v) is 6.28. The maximum atomic E-state index is 9.03. The van der Waals surface area contributed by atoms with Gasteiger partial charge in [0.1, 0.15) is 0 Å². The average Bonchev–Trinajstić information content (AvgIpc) is 2.38. The van der Waals surface area contributed by atoms with Crippen molar-refractivity contribution < 1.29 is 14.6 Å². The number of likely N-dealkylation sites (N-methyl/N-ethyl adjacent to an activating group) is 1. The summed E-state index contributed by atoms with van der Waals surface area (Å²) < 4.78 is 10.5. The normalized spacial score (nSPS) is 12.3. The quantitative estimate of drug-likeness (QED) is 0.727. The molecule has 1 rings (SSSR count). The molecule has 5 nitrogen and oxygen atoms in total. The SMILES string of the molecule is COc1ccc(C(C(N)=S)N(C)CCO)cc1OC. The van der Waals surface area contributed by atoms with Crippen molar-refractivity contribution in [3.05, 3.63) is 23.8 Å². The van der Waals surface area contributed by atoms with Crippen molar-refractivity contribution in [1.82, 2.24) is 4.90 Å². The lowest BCUT2D eigenvalue weighted by atomic mass is 10.0. The van der Waals surface area contributed by atoms with Crippen molar-refractivity contribution >= 4 is 17.2 Å². The van der Waals surface area contributed by atoms with E-state index < -0.39 is 0 Å². The van der Waals surface area contributed by atoms with E-state index in [-0.39, 0.29) is 12.6 Å². The smallest absolute Gasteiger partial charge is 0.161 e. The standard InChI is InChI=1S/C13H20N2O3S/c1-15(6-7-16)12(13(14)19)9-4-5-10(17-2)11(8-9)18-3/h4-5,8,12,16H,6-7H2,1-3H3,(H2,14,19). The van der Waals surface area contributed by atoms with Crippen molar-refractivity contribution in [3.8, 4) is 11.5 Å². The first-order chi connectivity index (χ1) is 9.04. The van der Waals surface area contributed by atoms with E-state index in [0.29, 0.717) is 23.0 Å². The molecular formula is C13H20N2O3S. The van der Waals surface area contributed by atoms with Gasteiger partial charge in [0.25, 0.3) is 0 Å². The van der Waals surface area contributed by atoms with Crippen LogP contribution in [-0.4, -0.2) is 49.4 Å². The molecule has 6 heteroatoms. The second-order valence-corrected chi connectivity index (χ2v) is 4.59. The van der Waals surface area contributed by atoms with E-state index in [9.17, 15) is 0 Å². The molecule has 0 radical (unpaired) electrons. The van der Waals surface area contributed by atoms with Crippen LogP contribution in [0.1, 0.15) is 11.6 Å². The lowest BCUT2D eigenvalue weighted by Crippen LogP contribution is -2.35. The molecule has 0 aliphatic heterocycles. The summed E-state index contributed by atoms with van der Waals surface area (Å²) in [5.74, 6) is 1.27. The van der Waals surface area contributed by atoms with E-state index in [1.54, 1.807) is 14.2 Å². The topological polar surface area (TPSA) is 68.0 Å². The van der Waals surface area contributed by atoms with Crippen LogP contribution in [0.3, 0.4) is 0 Å². The molecule has 0 heterocycles. The lowest BCUT2D eigenvalue weighted by Gasteiger charge is -2.27. The van der Waals surface area contributed by atoms with E-state index in [0.717, 1.165) is 5.56 Å². The third-order valence-electron chi connectivity index (χ3n) is 2.89. The van der Waals surface area contributed by atoms with E-state index in [1.807, 2.05) is 30.1 Å². The number of hydrogen-bond donors (Lipinski definition) is 2. The molecule has 0 aliphatic carbocycles. The van der Waals surface area contributed by atoms with E-state index >= 15 is 0 Å². The van der Waals surface area contributed by atoms with Gasteiger partial charge in [0.15, 0.2) is 11.5 Å². The van der Waals surface area contributed by atoms with Crippen LogP contribution in [-0.2, 0) is 0 Å². The number of nitrogens with zero attached hydrogens (tertiary/aromatic N) is 1. The van der Waals surface area contributed by atoms with Crippen LogP contribution in [0.4, 0.5) is 0 Å². The molecule has 1 atom stereocenters. The third-order valence-corrected chi connectivity index (χ3v) is 3.11. The van der Waals surface area contributed by atoms with Crippen molar-refractivity contribution in [3.63, 3.8) is 0 Å². The largest absolute Gasteiger partial charge is 0.493 e. The Morgan fingerprint density at radius 3 is 2.47 bits per heavy atom. The molecule has 1 aromatic carbocycles. The summed E-state index contributed by atoms with van der Waals surface area (Å²) in [6.07, 6.45) is 0. The molecule has 0 fully saturated rings. The predicted molar refractivity (Wildman–Crippen MR) is 78.8 cm³/mol. The van der Waals surface area contributed by atoms with Crippen LogP contribution < -0.4 is 15.2 Å². The van der Waals surface area contributed by atoms with Crippen LogP contribution >= 0.6 is 12.2 Å². The van der Waals surface area contributed by atoms with Gasteiger partial charge in [-0.1, -0.05) is 18.3 Å². The summed E-state index contributed by atoms with van der Waals surface area (Å²) >= 11 is 5.11. The van der Waals surface area contributed by atoms with E-state index in [2.05, 4.69) is 0 Å². The van der Waals surface area contributed by atoms with Crippen molar-refractivity contribution in [2.75, 3.05) is 34.4 Å². The van der Waals surface area contributed by atoms with Crippen LogP contribution in [0.25, 0.3) is 0 Å². The van der Waals surface area contributed by atoms with Crippen LogP contribution in [0.5, 0.6) is 11.5 Å². The zero-order valence-electron chi connectivity index (χ0n) is 11.4. The van der Waals surface area contributed by atoms with Gasteiger partial charge in [0, 0.05) is 6.54 Å². The Morgan fingerprint density at radius 1 is 1.37 bits per heavy atom. The molecule has 1 aromatic rings. The minimum Gasteiger partial charge on any atom is -0.493 e. The zero-order valence-corrected chi connectivity index (χ0v) is 12.2. The van der Waals surface area contributed by atoms with Gasteiger partial charge in [-0.3, -0.25) is 4.90 Å². The fraction of sp³-hybridized carbons (Fsp3) is 0.462.